The van der Waals surface area contributed by atoms with Crippen LogP contribution in [0.15, 0.2) is 154 Å². The predicted molar refractivity (Wildman–Crippen MR) is 264 cm³/mol. The third-order valence-electron chi connectivity index (χ3n) is 13.3. The van der Waals surface area contributed by atoms with Crippen molar-refractivity contribution in [3.05, 3.63) is 162 Å². The fraction of sp³-hybridized carbons (Fsp3) is 0.193. The Balaban J connectivity index is 1.16. The molecule has 0 N–H and O–H groups in total. The molecule has 0 unspecified atom stereocenters. The molecule has 5 heterocycles. The van der Waals surface area contributed by atoms with Gasteiger partial charge in [-0.3, -0.25) is 0 Å². The van der Waals surface area contributed by atoms with Crippen LogP contribution in [0.5, 0.6) is 11.5 Å². The first-order chi connectivity index (χ1) is 30.9. The van der Waals surface area contributed by atoms with Gasteiger partial charge < -0.3 is 28.1 Å². The quantitative estimate of drug-likeness (QED) is 0.165. The number of hydrogen-bond donors (Lipinski definition) is 0. The van der Waals surface area contributed by atoms with Gasteiger partial charge in [0.1, 0.15) is 35.9 Å². The zero-order valence-corrected chi connectivity index (χ0v) is 37.4. The summed E-state index contributed by atoms with van der Waals surface area (Å²) in [4.78, 5) is 4.94. The molecule has 0 radical (unpaired) electrons. The zero-order valence-electron chi connectivity index (χ0n) is 37.4. The molecule has 6 nitrogen and oxygen atoms in total. The number of aryl methyl sites for hydroxylation is 1. The van der Waals surface area contributed by atoms with Gasteiger partial charge in [0.2, 0.25) is 0 Å². The average molecular weight is 837 g/mol. The molecule has 7 heteroatoms. The highest BCUT2D eigenvalue weighted by Gasteiger charge is 2.44. The predicted octanol–water partition coefficient (Wildman–Crippen LogP) is 13.3. The van der Waals surface area contributed by atoms with E-state index in [9.17, 15) is 0 Å². The first-order valence-corrected chi connectivity index (χ1v) is 22.4. The van der Waals surface area contributed by atoms with Crippen molar-refractivity contribution in [3.63, 3.8) is 0 Å². The Labute approximate surface area is 374 Å². The van der Waals surface area contributed by atoms with Crippen LogP contribution in [0.1, 0.15) is 58.2 Å². The fourth-order valence-corrected chi connectivity index (χ4v) is 10.1. The van der Waals surface area contributed by atoms with Crippen LogP contribution in [-0.4, -0.2) is 19.9 Å². The summed E-state index contributed by atoms with van der Waals surface area (Å²) in [5, 5.41) is 2.13. The molecule has 0 aliphatic carbocycles. The van der Waals surface area contributed by atoms with Gasteiger partial charge in [0.05, 0.1) is 5.69 Å². The lowest BCUT2D eigenvalue weighted by Crippen LogP contribution is -2.61. The number of nitrogens with zero attached hydrogens (tertiary/aromatic N) is 2. The van der Waals surface area contributed by atoms with Crippen LogP contribution in [0.3, 0.4) is 0 Å². The third kappa shape index (κ3) is 6.16. The molecule has 3 aliphatic heterocycles. The molecule has 2 aromatic heterocycles. The van der Waals surface area contributed by atoms with Gasteiger partial charge in [0.25, 0.3) is 6.71 Å². The topological polar surface area (TPSA) is 51.2 Å². The molecule has 0 bridgehead atoms. The maximum Gasteiger partial charge on any atom is 0.252 e. The summed E-state index contributed by atoms with van der Waals surface area (Å²) < 4.78 is 25.5. The molecule has 12 rings (SSSR count). The average Bonchev–Trinajstić information content (AvgIpc) is 3.93. The molecule has 0 saturated heterocycles. The Morgan fingerprint density at radius 2 is 0.984 bits per heavy atom. The molecule has 0 saturated carbocycles. The van der Waals surface area contributed by atoms with Crippen molar-refractivity contribution >= 4 is 79.2 Å². The highest BCUT2D eigenvalue weighted by Crippen LogP contribution is 2.48. The van der Waals surface area contributed by atoms with Crippen LogP contribution in [0.25, 0.3) is 44.6 Å². The van der Waals surface area contributed by atoms with Gasteiger partial charge in [-0.1, -0.05) is 102 Å². The summed E-state index contributed by atoms with van der Waals surface area (Å²) in [5.74, 6) is 3.15. The minimum atomic E-state index is -0.0755. The molecule has 9 aromatic rings. The maximum absolute atomic E-state index is 6.63. The van der Waals surface area contributed by atoms with Crippen LogP contribution in [0.4, 0.5) is 34.1 Å². The van der Waals surface area contributed by atoms with Gasteiger partial charge >= 0.3 is 0 Å². The monoisotopic (exact) mass is 836 g/mol. The van der Waals surface area contributed by atoms with Crippen LogP contribution in [-0.2, 0) is 10.8 Å². The fourth-order valence-electron chi connectivity index (χ4n) is 10.1. The molecule has 0 amide bonds. The van der Waals surface area contributed by atoms with E-state index in [0.717, 1.165) is 90.1 Å². The van der Waals surface area contributed by atoms with Gasteiger partial charge in [0.15, 0.2) is 11.5 Å². The Morgan fingerprint density at radius 3 is 1.52 bits per heavy atom. The van der Waals surface area contributed by atoms with Gasteiger partial charge in [-0.25, -0.2) is 0 Å². The number of fused-ring (bicyclic) bond motifs is 7. The maximum atomic E-state index is 6.63. The smallest absolute Gasteiger partial charge is 0.252 e. The van der Waals surface area contributed by atoms with Gasteiger partial charge in [-0.2, -0.15) is 0 Å². The van der Waals surface area contributed by atoms with Crippen LogP contribution < -0.4 is 35.7 Å². The van der Waals surface area contributed by atoms with Crippen molar-refractivity contribution in [2.24, 2.45) is 0 Å². The first-order valence-electron chi connectivity index (χ1n) is 22.4. The molecule has 64 heavy (non-hydrogen) atoms. The van der Waals surface area contributed by atoms with E-state index in [1.807, 2.05) is 24.3 Å². The van der Waals surface area contributed by atoms with E-state index in [1.54, 1.807) is 0 Å². The SMILES string of the molecule is Cc1cc2c3c(c1)N(c1ccc4c(c1)OCCO4)c1ccc(C(C)(C)C)cc1B3c1cc(C(C)(C)C)ccc1N2c1cc(-c2cc3ccccc3o2)cc(-c2cc3ccccc3o2)c1. The number of furan rings is 2. The standard InChI is InChI=1S/C57H49BN2O4/c1-34-24-47-55-48(25-34)60(42-27-37(52-29-35-12-8-10-14-49(35)63-52)26-38(28-42)53-30-36-13-9-11-15-50(36)64-53)46-20-17-40(57(5,6)7)32-44(46)58(55)43-31-39(56(2,3)4)16-19-45(43)59(47)41-18-21-51-54(33-41)62-23-22-61-51/h8-21,24-33H,22-23H2,1-7H3. The number of para-hydroxylation sites is 2. The molecule has 3 aliphatic rings. The summed E-state index contributed by atoms with van der Waals surface area (Å²) in [5.41, 5.74) is 17.8. The van der Waals surface area contributed by atoms with Crippen molar-refractivity contribution in [1.29, 1.82) is 0 Å². The van der Waals surface area contributed by atoms with Crippen LogP contribution in [0, 0.1) is 6.92 Å². The van der Waals surface area contributed by atoms with Crippen molar-refractivity contribution < 1.29 is 18.3 Å². The van der Waals surface area contributed by atoms with Crippen molar-refractivity contribution in [2.45, 2.75) is 59.3 Å². The highest BCUT2D eigenvalue weighted by molar-refractivity contribution is 7.00. The second-order valence-corrected chi connectivity index (χ2v) is 19.8. The Hall–Kier alpha value is -7.12. The highest BCUT2D eigenvalue weighted by atomic mass is 16.6. The van der Waals surface area contributed by atoms with Crippen molar-refractivity contribution in [3.8, 4) is 34.1 Å². The summed E-state index contributed by atoms with van der Waals surface area (Å²) in [6.07, 6.45) is 0. The summed E-state index contributed by atoms with van der Waals surface area (Å²) in [7, 11) is 0. The minimum absolute atomic E-state index is 0.0432. The Bertz CT molecular complexity index is 3200. The molecular formula is C57H49BN2O4. The van der Waals surface area contributed by atoms with Crippen molar-refractivity contribution in [2.75, 3.05) is 23.0 Å². The lowest BCUT2D eigenvalue weighted by Gasteiger charge is -2.45. The molecular weight excluding hydrogens is 787 g/mol. The Kier molecular flexibility index (Phi) is 8.40. The normalized spacial score (nSPS) is 14.2. The second kappa shape index (κ2) is 13.9. The molecule has 0 spiro atoms. The number of anilines is 6. The van der Waals surface area contributed by atoms with Crippen molar-refractivity contribution in [1.82, 2.24) is 0 Å². The van der Waals surface area contributed by atoms with E-state index >= 15 is 0 Å². The molecule has 7 aromatic carbocycles. The third-order valence-corrected chi connectivity index (χ3v) is 13.3. The van der Waals surface area contributed by atoms with E-state index in [-0.39, 0.29) is 17.5 Å². The summed E-state index contributed by atoms with van der Waals surface area (Å²) >= 11 is 0. The van der Waals surface area contributed by atoms with Gasteiger partial charge in [0, 0.05) is 56.4 Å². The van der Waals surface area contributed by atoms with E-state index in [1.165, 1.54) is 33.2 Å². The van der Waals surface area contributed by atoms with Crippen LogP contribution in [0.2, 0.25) is 0 Å². The molecule has 314 valence electrons. The number of hydrogen-bond acceptors (Lipinski definition) is 6. The van der Waals surface area contributed by atoms with E-state index in [0.29, 0.717) is 13.2 Å². The number of rotatable bonds is 4. The second-order valence-electron chi connectivity index (χ2n) is 19.8. The minimum Gasteiger partial charge on any atom is -0.486 e. The van der Waals surface area contributed by atoms with Gasteiger partial charge in [-0.15, -0.1) is 0 Å². The van der Waals surface area contributed by atoms with E-state index in [4.69, 9.17) is 18.3 Å². The first kappa shape index (κ1) is 38.6. The lowest BCUT2D eigenvalue weighted by atomic mass is 9.33. The van der Waals surface area contributed by atoms with Crippen LogP contribution >= 0.6 is 0 Å². The van der Waals surface area contributed by atoms with Gasteiger partial charge in [-0.05, 0) is 130 Å². The summed E-state index contributed by atoms with van der Waals surface area (Å²) in [6, 6.07) is 52.9. The van der Waals surface area contributed by atoms with E-state index in [2.05, 4.69) is 180 Å². The summed E-state index contributed by atoms with van der Waals surface area (Å²) in [6.45, 7) is 17.1. The number of benzene rings is 7. The zero-order chi connectivity index (χ0) is 43.6. The molecule has 0 atom stereocenters. The van der Waals surface area contributed by atoms with E-state index < -0.39 is 0 Å². The Morgan fingerprint density at radius 1 is 0.469 bits per heavy atom. The largest absolute Gasteiger partial charge is 0.486 e. The molecule has 0 fully saturated rings. The number of ether oxygens (including phenoxy) is 2. The lowest BCUT2D eigenvalue weighted by molar-refractivity contribution is 0.171.